The van der Waals surface area contributed by atoms with E-state index in [1.165, 1.54) is 4.31 Å². The number of likely N-dealkylation sites (N-methyl/N-ethyl adjacent to an activating group) is 1. The van der Waals surface area contributed by atoms with Crippen molar-refractivity contribution in [3.63, 3.8) is 0 Å². The summed E-state index contributed by atoms with van der Waals surface area (Å²) in [4.78, 5) is 4.37. The van der Waals surface area contributed by atoms with Crippen molar-refractivity contribution < 1.29 is 8.42 Å². The summed E-state index contributed by atoms with van der Waals surface area (Å²) in [5.74, 6) is 0. The van der Waals surface area contributed by atoms with E-state index in [2.05, 4.69) is 26.2 Å². The fourth-order valence-corrected chi connectivity index (χ4v) is 4.44. The number of hydrogen-bond acceptors (Lipinski definition) is 4. The van der Waals surface area contributed by atoms with Crippen LogP contribution in [0.1, 0.15) is 5.56 Å². The molecule has 1 N–H and O–H groups in total. The van der Waals surface area contributed by atoms with E-state index in [-0.39, 0.29) is 0 Å². The summed E-state index contributed by atoms with van der Waals surface area (Å²) >= 11 is 3.41. The smallest absolute Gasteiger partial charge is 0.243 e. The van der Waals surface area contributed by atoms with Crippen molar-refractivity contribution in [2.75, 3.05) is 26.7 Å². The molecule has 0 atom stereocenters. The lowest BCUT2D eigenvalue weighted by Crippen LogP contribution is -2.34. The van der Waals surface area contributed by atoms with E-state index in [0.29, 0.717) is 29.9 Å². The van der Waals surface area contributed by atoms with Gasteiger partial charge in [-0.25, -0.2) is 8.42 Å². The first-order valence-electron chi connectivity index (χ1n) is 8.90. The maximum absolute atomic E-state index is 12.9. The number of benzene rings is 2. The van der Waals surface area contributed by atoms with Crippen molar-refractivity contribution in [2.24, 2.45) is 0 Å². The Morgan fingerprint density at radius 3 is 2.71 bits per heavy atom. The average molecular weight is 460 g/mol. The second kappa shape index (κ2) is 9.43. The normalized spacial score (nSPS) is 12.2. The molecule has 0 aliphatic heterocycles. The molecule has 0 amide bonds. The number of nitrogens with one attached hydrogen (secondary N) is 1. The summed E-state index contributed by atoms with van der Waals surface area (Å²) in [5.41, 5.74) is 1.12. The molecule has 0 spiro atoms. The maximum Gasteiger partial charge on any atom is 0.243 e. The van der Waals surface area contributed by atoms with Gasteiger partial charge in [-0.3, -0.25) is 4.98 Å². The van der Waals surface area contributed by atoms with Gasteiger partial charge in [0.25, 0.3) is 0 Å². The first-order valence-corrected chi connectivity index (χ1v) is 11.1. The van der Waals surface area contributed by atoms with Crippen molar-refractivity contribution in [1.29, 1.82) is 0 Å². The van der Waals surface area contributed by atoms with Crippen LogP contribution in [-0.2, 0) is 10.0 Å². The zero-order chi connectivity index (χ0) is 20.0. The fourth-order valence-electron chi connectivity index (χ4n) is 2.80. The van der Waals surface area contributed by atoms with Gasteiger partial charge in [-0.1, -0.05) is 52.3 Å². The highest BCUT2D eigenvalue weighted by atomic mass is 79.9. The van der Waals surface area contributed by atoms with Crippen molar-refractivity contribution in [2.45, 2.75) is 4.90 Å². The van der Waals surface area contributed by atoms with Gasteiger partial charge < -0.3 is 5.32 Å². The van der Waals surface area contributed by atoms with Crippen LogP contribution in [0.4, 0.5) is 0 Å². The Kier molecular flexibility index (Phi) is 6.96. The van der Waals surface area contributed by atoms with E-state index in [1.54, 1.807) is 37.6 Å². The summed E-state index contributed by atoms with van der Waals surface area (Å²) in [6.45, 7) is 1.62. The Labute approximate surface area is 174 Å². The quantitative estimate of drug-likeness (QED) is 0.518. The minimum atomic E-state index is -3.56. The van der Waals surface area contributed by atoms with E-state index < -0.39 is 10.0 Å². The van der Waals surface area contributed by atoms with Crippen molar-refractivity contribution in [3.05, 3.63) is 77.0 Å². The van der Waals surface area contributed by atoms with E-state index in [4.69, 9.17) is 0 Å². The fraction of sp³-hybridized carbons (Fsp3) is 0.190. The minimum Gasteiger partial charge on any atom is -0.312 e. The molecule has 0 radical (unpaired) electrons. The number of sulfonamides is 1. The molecule has 28 heavy (non-hydrogen) atoms. The largest absolute Gasteiger partial charge is 0.312 e. The minimum absolute atomic E-state index is 0.310. The molecular formula is C21H22BrN3O2S. The van der Waals surface area contributed by atoms with Crippen LogP contribution < -0.4 is 5.32 Å². The molecule has 7 heteroatoms. The van der Waals surface area contributed by atoms with Crippen molar-refractivity contribution >= 4 is 42.8 Å². The van der Waals surface area contributed by atoms with E-state index in [9.17, 15) is 8.42 Å². The SMILES string of the molecule is CN(CCNC/C=C/c1ccc(Br)cc1)S(=O)(=O)c1cccc2cnccc12. The van der Waals surface area contributed by atoms with Gasteiger partial charge in [0.15, 0.2) is 0 Å². The van der Waals surface area contributed by atoms with Gasteiger partial charge >= 0.3 is 0 Å². The predicted octanol–water partition coefficient (Wildman–Crippen LogP) is 3.92. The van der Waals surface area contributed by atoms with Crippen molar-refractivity contribution in [3.8, 4) is 0 Å². The molecule has 0 saturated carbocycles. The summed E-state index contributed by atoms with van der Waals surface area (Å²) in [6.07, 6.45) is 7.34. The summed E-state index contributed by atoms with van der Waals surface area (Å²) in [7, 11) is -1.96. The molecule has 1 aromatic heterocycles. The molecule has 146 valence electrons. The van der Waals surface area contributed by atoms with Crippen LogP contribution >= 0.6 is 15.9 Å². The van der Waals surface area contributed by atoms with E-state index in [1.807, 2.05) is 42.5 Å². The Balaban J connectivity index is 1.55. The number of pyridine rings is 1. The third-order valence-corrected chi connectivity index (χ3v) is 6.82. The van der Waals surface area contributed by atoms with Gasteiger partial charge in [0.1, 0.15) is 0 Å². The second-order valence-electron chi connectivity index (χ2n) is 6.34. The zero-order valence-corrected chi connectivity index (χ0v) is 17.9. The van der Waals surface area contributed by atoms with Gasteiger partial charge in [-0.15, -0.1) is 0 Å². The number of nitrogens with zero attached hydrogens (tertiary/aromatic N) is 2. The van der Waals surface area contributed by atoms with Crippen LogP contribution in [0.15, 0.2) is 76.4 Å². The molecule has 2 aromatic carbocycles. The molecule has 0 aliphatic rings. The van der Waals surface area contributed by atoms with Crippen LogP contribution in [0.2, 0.25) is 0 Å². The molecule has 3 aromatic rings. The first-order chi connectivity index (χ1) is 13.5. The lowest BCUT2D eigenvalue weighted by molar-refractivity contribution is 0.464. The highest BCUT2D eigenvalue weighted by molar-refractivity contribution is 9.10. The third kappa shape index (κ3) is 5.05. The standard InChI is InChI=1S/C21H22BrN3O2S/c1-25(15-14-23-12-3-4-17-7-9-19(22)10-8-17)28(26,27)21-6-2-5-18-16-24-13-11-20(18)21/h2-11,13,16,23H,12,14-15H2,1H3/b4-3+. The molecule has 0 bridgehead atoms. The molecule has 0 unspecified atom stereocenters. The van der Waals surface area contributed by atoms with Crippen molar-refractivity contribution in [1.82, 2.24) is 14.6 Å². The number of fused-ring (bicyclic) bond motifs is 1. The lowest BCUT2D eigenvalue weighted by atomic mass is 10.2. The first kappa shape index (κ1) is 20.7. The van der Waals surface area contributed by atoms with Gasteiger partial charge in [0, 0.05) is 54.3 Å². The highest BCUT2D eigenvalue weighted by Gasteiger charge is 2.22. The van der Waals surface area contributed by atoms with Gasteiger partial charge in [-0.2, -0.15) is 4.31 Å². The highest BCUT2D eigenvalue weighted by Crippen LogP contribution is 2.24. The summed E-state index contributed by atoms with van der Waals surface area (Å²) < 4.78 is 28.3. The van der Waals surface area contributed by atoms with Gasteiger partial charge in [0.2, 0.25) is 10.0 Å². The predicted molar refractivity (Wildman–Crippen MR) is 118 cm³/mol. The number of halogens is 1. The van der Waals surface area contributed by atoms with Crippen LogP contribution in [0.25, 0.3) is 16.8 Å². The average Bonchev–Trinajstić information content (AvgIpc) is 2.71. The zero-order valence-electron chi connectivity index (χ0n) is 15.5. The Bertz CT molecular complexity index is 1060. The van der Waals surface area contributed by atoms with Crippen LogP contribution in [-0.4, -0.2) is 44.4 Å². The molecule has 3 rings (SSSR count). The topological polar surface area (TPSA) is 62.3 Å². The molecular weight excluding hydrogens is 438 g/mol. The number of hydrogen-bond donors (Lipinski definition) is 1. The maximum atomic E-state index is 12.9. The third-order valence-electron chi connectivity index (χ3n) is 4.37. The van der Waals surface area contributed by atoms with Crippen LogP contribution in [0, 0.1) is 0 Å². The van der Waals surface area contributed by atoms with Gasteiger partial charge in [0.05, 0.1) is 4.90 Å². The summed E-state index contributed by atoms with van der Waals surface area (Å²) in [6, 6.07) is 15.0. The molecule has 0 fully saturated rings. The lowest BCUT2D eigenvalue weighted by Gasteiger charge is -2.18. The monoisotopic (exact) mass is 459 g/mol. The summed E-state index contributed by atoms with van der Waals surface area (Å²) in [5, 5.41) is 4.75. The Morgan fingerprint density at radius 2 is 1.93 bits per heavy atom. The molecule has 0 saturated heterocycles. The Morgan fingerprint density at radius 1 is 1.14 bits per heavy atom. The van der Waals surface area contributed by atoms with Crippen LogP contribution in [0.3, 0.4) is 0 Å². The molecule has 0 aliphatic carbocycles. The molecule has 5 nitrogen and oxygen atoms in total. The second-order valence-corrected chi connectivity index (χ2v) is 9.27. The van der Waals surface area contributed by atoms with Crippen LogP contribution in [0.5, 0.6) is 0 Å². The Hall–Kier alpha value is -2.06. The van der Waals surface area contributed by atoms with Gasteiger partial charge in [-0.05, 0) is 29.8 Å². The number of aromatic nitrogens is 1. The van der Waals surface area contributed by atoms with E-state index in [0.717, 1.165) is 15.4 Å². The molecule has 1 heterocycles. The number of rotatable bonds is 8. The van der Waals surface area contributed by atoms with E-state index >= 15 is 0 Å².